The Morgan fingerprint density at radius 2 is 1.83 bits per heavy atom. The second kappa shape index (κ2) is 6.02. The van der Waals surface area contributed by atoms with Gasteiger partial charge >= 0.3 is 0 Å². The van der Waals surface area contributed by atoms with Crippen LogP contribution in [0.1, 0.15) is 17.2 Å². The number of benzene rings is 2. The molecule has 0 unspecified atom stereocenters. The van der Waals surface area contributed by atoms with Crippen LogP contribution in [-0.4, -0.2) is 21.9 Å². The number of ether oxygens (including phenoxy) is 1. The third kappa shape index (κ3) is 2.63. The number of hydrogen-bond acceptors (Lipinski definition) is 4. The van der Waals surface area contributed by atoms with Crippen LogP contribution in [0, 0.1) is 0 Å². The maximum absolute atomic E-state index is 5.99. The third-order valence-corrected chi connectivity index (χ3v) is 4.27. The van der Waals surface area contributed by atoms with Gasteiger partial charge in [-0.15, -0.1) is 0 Å². The number of fused-ring (bicyclic) bond motifs is 1. The first-order valence-electron chi connectivity index (χ1n) is 7.53. The molecule has 0 saturated carbocycles. The summed E-state index contributed by atoms with van der Waals surface area (Å²) in [5.74, 6) is 1.54. The molecule has 0 aliphatic carbocycles. The monoisotopic (exact) mass is 338 g/mol. The molecule has 0 fully saturated rings. The van der Waals surface area contributed by atoms with Crippen LogP contribution in [0.3, 0.4) is 0 Å². The fourth-order valence-electron chi connectivity index (χ4n) is 2.77. The van der Waals surface area contributed by atoms with Gasteiger partial charge < -0.3 is 10.1 Å². The number of nitrogens with zero attached hydrogens (tertiary/aromatic N) is 3. The molecule has 0 saturated heterocycles. The van der Waals surface area contributed by atoms with Gasteiger partial charge in [-0.25, -0.2) is 4.68 Å². The predicted molar refractivity (Wildman–Crippen MR) is 94.2 cm³/mol. The molecule has 3 aromatic rings. The van der Waals surface area contributed by atoms with Gasteiger partial charge in [0.2, 0.25) is 5.95 Å². The van der Waals surface area contributed by atoms with Crippen molar-refractivity contribution >= 4 is 23.2 Å². The fourth-order valence-corrected chi connectivity index (χ4v) is 2.90. The smallest absolute Gasteiger partial charge is 0.226 e. The minimum absolute atomic E-state index is 0.0414. The van der Waals surface area contributed by atoms with E-state index in [1.807, 2.05) is 53.2 Å². The summed E-state index contributed by atoms with van der Waals surface area (Å²) in [6, 6.07) is 15.7. The first-order chi connectivity index (χ1) is 11.7. The van der Waals surface area contributed by atoms with Gasteiger partial charge in [0.25, 0.3) is 0 Å². The lowest BCUT2D eigenvalue weighted by Crippen LogP contribution is -2.20. The van der Waals surface area contributed by atoms with E-state index in [4.69, 9.17) is 16.3 Å². The van der Waals surface area contributed by atoms with Crippen molar-refractivity contribution in [2.24, 2.45) is 0 Å². The van der Waals surface area contributed by atoms with Gasteiger partial charge in [0, 0.05) is 10.7 Å². The number of anilines is 1. The zero-order chi connectivity index (χ0) is 16.5. The summed E-state index contributed by atoms with van der Waals surface area (Å²) < 4.78 is 7.10. The van der Waals surface area contributed by atoms with Crippen molar-refractivity contribution in [1.82, 2.24) is 14.8 Å². The van der Waals surface area contributed by atoms with Gasteiger partial charge in [0.05, 0.1) is 7.11 Å². The number of allylic oxidation sites excluding steroid dienone is 1. The Bertz CT molecular complexity index is 884. The highest BCUT2D eigenvalue weighted by Crippen LogP contribution is 2.32. The summed E-state index contributed by atoms with van der Waals surface area (Å²) in [6.07, 6.45) is 3.68. The first kappa shape index (κ1) is 14.8. The molecule has 6 heteroatoms. The molecule has 0 bridgehead atoms. The van der Waals surface area contributed by atoms with Crippen molar-refractivity contribution in [2.75, 3.05) is 12.4 Å². The highest BCUT2D eigenvalue weighted by molar-refractivity contribution is 6.30. The number of rotatable bonds is 3. The average molecular weight is 339 g/mol. The van der Waals surface area contributed by atoms with E-state index in [0.29, 0.717) is 11.0 Å². The van der Waals surface area contributed by atoms with Crippen LogP contribution in [0.5, 0.6) is 5.75 Å². The molecule has 1 N–H and O–H groups in total. The van der Waals surface area contributed by atoms with Crippen molar-refractivity contribution in [1.29, 1.82) is 0 Å². The van der Waals surface area contributed by atoms with E-state index in [0.717, 1.165) is 22.6 Å². The molecule has 1 atom stereocenters. The maximum Gasteiger partial charge on any atom is 0.226 e. The Morgan fingerprint density at radius 3 is 2.54 bits per heavy atom. The van der Waals surface area contributed by atoms with Gasteiger partial charge in [0.15, 0.2) is 0 Å². The first-order valence-corrected chi connectivity index (χ1v) is 7.90. The lowest BCUT2D eigenvalue weighted by molar-refractivity contribution is 0.414. The molecule has 2 heterocycles. The van der Waals surface area contributed by atoms with Crippen molar-refractivity contribution in [3.8, 4) is 5.75 Å². The Balaban J connectivity index is 1.77. The van der Waals surface area contributed by atoms with E-state index in [-0.39, 0.29) is 6.04 Å². The van der Waals surface area contributed by atoms with E-state index in [1.54, 1.807) is 13.4 Å². The maximum atomic E-state index is 5.99. The zero-order valence-corrected chi connectivity index (χ0v) is 13.7. The molecule has 1 aliphatic heterocycles. The van der Waals surface area contributed by atoms with Crippen molar-refractivity contribution in [2.45, 2.75) is 6.04 Å². The standard InChI is InChI=1S/C18H15ClN4O/c1-24-15-8-4-13(5-9-15)17-10-16(12-2-6-14(19)7-3-12)22-18-20-11-21-23(17)18/h2-11,17H,1H3,(H,20,21,22)/t17-/m1/s1. The fraction of sp³-hybridized carbons (Fsp3) is 0.111. The molecule has 2 aromatic carbocycles. The SMILES string of the molecule is COc1ccc([C@H]2C=C(c3ccc(Cl)cc3)Nc3ncnn32)cc1. The summed E-state index contributed by atoms with van der Waals surface area (Å²) in [7, 11) is 1.66. The zero-order valence-electron chi connectivity index (χ0n) is 13.0. The Hall–Kier alpha value is -2.79. The molecule has 1 aliphatic rings. The van der Waals surface area contributed by atoms with Crippen LogP contribution >= 0.6 is 11.6 Å². The lowest BCUT2D eigenvalue weighted by atomic mass is 10.0. The van der Waals surface area contributed by atoms with E-state index in [9.17, 15) is 0 Å². The largest absolute Gasteiger partial charge is 0.497 e. The molecule has 4 rings (SSSR count). The molecule has 5 nitrogen and oxygen atoms in total. The van der Waals surface area contributed by atoms with Crippen LogP contribution in [0.15, 0.2) is 60.9 Å². The van der Waals surface area contributed by atoms with E-state index in [2.05, 4.69) is 21.5 Å². The second-order valence-electron chi connectivity index (χ2n) is 5.46. The highest BCUT2D eigenvalue weighted by Gasteiger charge is 2.23. The summed E-state index contributed by atoms with van der Waals surface area (Å²) >= 11 is 5.99. The van der Waals surface area contributed by atoms with E-state index >= 15 is 0 Å². The van der Waals surface area contributed by atoms with Gasteiger partial charge in [0.1, 0.15) is 18.1 Å². The number of nitrogens with one attached hydrogen (secondary N) is 1. The average Bonchev–Trinajstić information content (AvgIpc) is 3.10. The third-order valence-electron chi connectivity index (χ3n) is 4.02. The molecular weight excluding hydrogens is 324 g/mol. The van der Waals surface area contributed by atoms with E-state index in [1.165, 1.54) is 0 Å². The van der Waals surface area contributed by atoms with Crippen LogP contribution < -0.4 is 10.1 Å². The van der Waals surface area contributed by atoms with Gasteiger partial charge in [-0.1, -0.05) is 35.9 Å². The summed E-state index contributed by atoms with van der Waals surface area (Å²) in [5.41, 5.74) is 3.13. The molecule has 24 heavy (non-hydrogen) atoms. The van der Waals surface area contributed by atoms with Gasteiger partial charge in [-0.2, -0.15) is 10.1 Å². The highest BCUT2D eigenvalue weighted by atomic mass is 35.5. The molecular formula is C18H15ClN4O. The molecule has 120 valence electrons. The summed E-state index contributed by atoms with van der Waals surface area (Å²) in [5, 5.41) is 8.38. The minimum atomic E-state index is -0.0414. The molecule has 0 spiro atoms. The van der Waals surface area contributed by atoms with Crippen molar-refractivity contribution in [3.05, 3.63) is 77.1 Å². The molecule has 0 radical (unpaired) electrons. The number of halogens is 1. The Kier molecular flexibility index (Phi) is 3.70. The predicted octanol–water partition coefficient (Wildman–Crippen LogP) is 4.00. The van der Waals surface area contributed by atoms with Gasteiger partial charge in [-0.05, 0) is 41.5 Å². The number of methoxy groups -OCH3 is 1. The normalized spacial score (nSPS) is 16.1. The molecule has 0 amide bonds. The Morgan fingerprint density at radius 1 is 1.08 bits per heavy atom. The number of aromatic nitrogens is 3. The molecule has 1 aromatic heterocycles. The van der Waals surface area contributed by atoms with Crippen LogP contribution in [0.4, 0.5) is 5.95 Å². The summed E-state index contributed by atoms with van der Waals surface area (Å²) in [6.45, 7) is 0. The van der Waals surface area contributed by atoms with Crippen molar-refractivity contribution < 1.29 is 4.74 Å². The van der Waals surface area contributed by atoms with Crippen LogP contribution in [0.2, 0.25) is 5.02 Å². The van der Waals surface area contributed by atoms with Gasteiger partial charge in [-0.3, -0.25) is 0 Å². The van der Waals surface area contributed by atoms with Crippen molar-refractivity contribution in [3.63, 3.8) is 0 Å². The van der Waals surface area contributed by atoms with Crippen LogP contribution in [0.25, 0.3) is 5.70 Å². The lowest BCUT2D eigenvalue weighted by Gasteiger charge is -2.24. The number of hydrogen-bond donors (Lipinski definition) is 1. The topological polar surface area (TPSA) is 52.0 Å². The summed E-state index contributed by atoms with van der Waals surface area (Å²) in [4.78, 5) is 4.31. The minimum Gasteiger partial charge on any atom is -0.497 e. The van der Waals surface area contributed by atoms with E-state index < -0.39 is 0 Å². The quantitative estimate of drug-likeness (QED) is 0.784. The second-order valence-corrected chi connectivity index (χ2v) is 5.89. The van der Waals surface area contributed by atoms with Crippen LogP contribution in [-0.2, 0) is 0 Å². The Labute approximate surface area is 144 Å².